The van der Waals surface area contributed by atoms with Crippen LogP contribution in [0, 0.1) is 0 Å². The molecule has 1 aromatic carbocycles. The van der Waals surface area contributed by atoms with Gasteiger partial charge in [-0.15, -0.1) is 0 Å². The van der Waals surface area contributed by atoms with Crippen LogP contribution < -0.4 is 5.32 Å². The third-order valence-corrected chi connectivity index (χ3v) is 4.74. The van der Waals surface area contributed by atoms with Gasteiger partial charge in [-0.05, 0) is 24.7 Å². The molecular formula is C13H19NS. The predicted octanol–water partition coefficient (Wildman–Crippen LogP) is 3.06. The molecule has 1 aliphatic rings. The lowest BCUT2D eigenvalue weighted by Crippen LogP contribution is -2.43. The normalized spacial score (nSPS) is 18.5. The maximum atomic E-state index is 3.57. The van der Waals surface area contributed by atoms with Crippen LogP contribution in [0.5, 0.6) is 0 Å². The molecule has 2 rings (SSSR count). The first kappa shape index (κ1) is 11.0. The van der Waals surface area contributed by atoms with Gasteiger partial charge in [-0.3, -0.25) is 0 Å². The third kappa shape index (κ3) is 2.76. The van der Waals surface area contributed by atoms with E-state index in [0.717, 1.165) is 13.1 Å². The Morgan fingerprint density at radius 2 is 2.00 bits per heavy atom. The molecule has 0 amide bonds. The smallest absolute Gasteiger partial charge is 0.0281 e. The van der Waals surface area contributed by atoms with Crippen LogP contribution in [0.15, 0.2) is 30.3 Å². The molecule has 0 radical (unpaired) electrons. The Labute approximate surface area is 96.7 Å². The molecule has 82 valence electrons. The first-order valence-electron chi connectivity index (χ1n) is 5.64. The highest BCUT2D eigenvalue weighted by Crippen LogP contribution is 2.42. The molecule has 2 heteroatoms. The standard InChI is InChI=1S/C13H19NS/c1-15-13(8-5-9-13)11-14-10-12-6-3-2-4-7-12/h2-4,6-7,14H,5,8-11H2,1H3. The summed E-state index contributed by atoms with van der Waals surface area (Å²) >= 11 is 2.03. The number of hydrogen-bond acceptors (Lipinski definition) is 2. The Morgan fingerprint density at radius 3 is 2.53 bits per heavy atom. The fourth-order valence-electron chi connectivity index (χ4n) is 2.05. The van der Waals surface area contributed by atoms with Gasteiger partial charge in [0.15, 0.2) is 0 Å². The van der Waals surface area contributed by atoms with Gasteiger partial charge < -0.3 is 5.32 Å². The number of benzene rings is 1. The first-order valence-corrected chi connectivity index (χ1v) is 6.87. The monoisotopic (exact) mass is 221 g/mol. The van der Waals surface area contributed by atoms with Crippen molar-refractivity contribution in [1.82, 2.24) is 5.32 Å². The van der Waals surface area contributed by atoms with E-state index in [-0.39, 0.29) is 0 Å². The zero-order chi connectivity index (χ0) is 10.6. The van der Waals surface area contributed by atoms with Crippen LogP contribution in [0.1, 0.15) is 24.8 Å². The Kier molecular flexibility index (Phi) is 3.71. The highest BCUT2D eigenvalue weighted by atomic mass is 32.2. The van der Waals surface area contributed by atoms with Gasteiger partial charge in [-0.25, -0.2) is 0 Å². The van der Waals surface area contributed by atoms with Crippen molar-refractivity contribution < 1.29 is 0 Å². The Morgan fingerprint density at radius 1 is 1.27 bits per heavy atom. The van der Waals surface area contributed by atoms with E-state index in [4.69, 9.17) is 0 Å². The van der Waals surface area contributed by atoms with Gasteiger partial charge >= 0.3 is 0 Å². The SMILES string of the molecule is CSC1(CNCc2ccccc2)CCC1. The molecule has 0 aliphatic heterocycles. The van der Waals surface area contributed by atoms with Crippen LogP contribution in [0.3, 0.4) is 0 Å². The molecule has 0 unspecified atom stereocenters. The van der Waals surface area contributed by atoms with Crippen LogP contribution in [-0.4, -0.2) is 17.5 Å². The largest absolute Gasteiger partial charge is 0.311 e. The highest BCUT2D eigenvalue weighted by molar-refractivity contribution is 8.00. The molecule has 1 aromatic rings. The van der Waals surface area contributed by atoms with Gasteiger partial charge in [0.1, 0.15) is 0 Å². The summed E-state index contributed by atoms with van der Waals surface area (Å²) in [4.78, 5) is 0. The molecule has 15 heavy (non-hydrogen) atoms. The fourth-order valence-corrected chi connectivity index (χ4v) is 3.00. The molecule has 1 aliphatic carbocycles. The van der Waals surface area contributed by atoms with Crippen LogP contribution in [0.4, 0.5) is 0 Å². The lowest BCUT2D eigenvalue weighted by atomic mass is 9.84. The summed E-state index contributed by atoms with van der Waals surface area (Å²) in [5.41, 5.74) is 1.38. The molecule has 1 saturated carbocycles. The number of nitrogens with one attached hydrogen (secondary N) is 1. The Bertz CT molecular complexity index is 287. The average Bonchev–Trinajstić information content (AvgIpc) is 2.24. The summed E-state index contributed by atoms with van der Waals surface area (Å²) < 4.78 is 0.550. The minimum Gasteiger partial charge on any atom is -0.311 e. The second kappa shape index (κ2) is 5.04. The van der Waals surface area contributed by atoms with Crippen LogP contribution in [0.2, 0.25) is 0 Å². The quantitative estimate of drug-likeness (QED) is 0.820. The topological polar surface area (TPSA) is 12.0 Å². The van der Waals surface area contributed by atoms with E-state index in [1.807, 2.05) is 11.8 Å². The van der Waals surface area contributed by atoms with Crippen LogP contribution >= 0.6 is 11.8 Å². The summed E-state index contributed by atoms with van der Waals surface area (Å²) in [6.07, 6.45) is 6.42. The van der Waals surface area contributed by atoms with Crippen molar-refractivity contribution in [2.45, 2.75) is 30.6 Å². The number of hydrogen-bond donors (Lipinski definition) is 1. The summed E-state index contributed by atoms with van der Waals surface area (Å²) in [6.45, 7) is 2.16. The summed E-state index contributed by atoms with van der Waals surface area (Å²) in [5, 5.41) is 3.57. The predicted molar refractivity (Wildman–Crippen MR) is 68.2 cm³/mol. The molecule has 1 N–H and O–H groups in total. The highest BCUT2D eigenvalue weighted by Gasteiger charge is 2.35. The van der Waals surface area contributed by atoms with Crippen molar-refractivity contribution in [2.24, 2.45) is 0 Å². The fraction of sp³-hybridized carbons (Fsp3) is 0.538. The van der Waals surface area contributed by atoms with Crippen molar-refractivity contribution >= 4 is 11.8 Å². The van der Waals surface area contributed by atoms with Crippen molar-refractivity contribution in [1.29, 1.82) is 0 Å². The van der Waals surface area contributed by atoms with E-state index >= 15 is 0 Å². The van der Waals surface area contributed by atoms with Gasteiger partial charge in [0.2, 0.25) is 0 Å². The van der Waals surface area contributed by atoms with Crippen molar-refractivity contribution in [3.8, 4) is 0 Å². The maximum absolute atomic E-state index is 3.57. The van der Waals surface area contributed by atoms with Gasteiger partial charge in [-0.1, -0.05) is 36.8 Å². The lowest BCUT2D eigenvalue weighted by molar-refractivity contribution is 0.345. The summed E-state index contributed by atoms with van der Waals surface area (Å²) in [7, 11) is 0. The first-order chi connectivity index (χ1) is 7.35. The zero-order valence-electron chi connectivity index (χ0n) is 9.33. The minimum atomic E-state index is 0.550. The molecular weight excluding hydrogens is 202 g/mol. The molecule has 0 aromatic heterocycles. The number of rotatable bonds is 5. The molecule has 1 nitrogen and oxygen atoms in total. The summed E-state index contributed by atoms with van der Waals surface area (Å²) in [5.74, 6) is 0. The molecule has 0 atom stereocenters. The maximum Gasteiger partial charge on any atom is 0.0281 e. The average molecular weight is 221 g/mol. The van der Waals surface area contributed by atoms with E-state index in [2.05, 4.69) is 41.9 Å². The van der Waals surface area contributed by atoms with Gasteiger partial charge in [-0.2, -0.15) is 11.8 Å². The van der Waals surface area contributed by atoms with Gasteiger partial charge in [0.05, 0.1) is 0 Å². The Balaban J connectivity index is 1.75. The summed E-state index contributed by atoms with van der Waals surface area (Å²) in [6, 6.07) is 10.6. The molecule has 1 fully saturated rings. The van der Waals surface area contributed by atoms with Crippen molar-refractivity contribution in [3.05, 3.63) is 35.9 Å². The van der Waals surface area contributed by atoms with Gasteiger partial charge in [0.25, 0.3) is 0 Å². The van der Waals surface area contributed by atoms with Crippen molar-refractivity contribution in [3.63, 3.8) is 0 Å². The van der Waals surface area contributed by atoms with E-state index in [1.165, 1.54) is 24.8 Å². The third-order valence-electron chi connectivity index (χ3n) is 3.32. The van der Waals surface area contributed by atoms with Crippen LogP contribution in [0.25, 0.3) is 0 Å². The molecule has 0 bridgehead atoms. The van der Waals surface area contributed by atoms with Gasteiger partial charge in [0, 0.05) is 17.8 Å². The van der Waals surface area contributed by atoms with Crippen molar-refractivity contribution in [2.75, 3.05) is 12.8 Å². The van der Waals surface area contributed by atoms with E-state index in [1.54, 1.807) is 0 Å². The lowest BCUT2D eigenvalue weighted by Gasteiger charge is -2.40. The molecule has 0 spiro atoms. The van der Waals surface area contributed by atoms with Crippen LogP contribution in [-0.2, 0) is 6.54 Å². The Hall–Kier alpha value is -0.470. The van der Waals surface area contributed by atoms with E-state index in [0.29, 0.717) is 4.75 Å². The molecule has 0 saturated heterocycles. The number of thioether (sulfide) groups is 1. The second-order valence-corrected chi connectivity index (χ2v) is 5.60. The minimum absolute atomic E-state index is 0.550. The van der Waals surface area contributed by atoms with E-state index in [9.17, 15) is 0 Å². The van der Waals surface area contributed by atoms with E-state index < -0.39 is 0 Å². The molecule has 0 heterocycles. The zero-order valence-corrected chi connectivity index (χ0v) is 10.1. The second-order valence-electron chi connectivity index (χ2n) is 4.33.